The summed E-state index contributed by atoms with van der Waals surface area (Å²) in [6.07, 6.45) is 0.137. The van der Waals surface area contributed by atoms with Crippen LogP contribution < -0.4 is 16.4 Å². The summed E-state index contributed by atoms with van der Waals surface area (Å²) in [5.74, 6) is -11.0. The molecule has 6 N–H and O–H groups in total. The van der Waals surface area contributed by atoms with Crippen LogP contribution in [-0.2, 0) is 25.6 Å². The number of hydrogen-bond donors (Lipinski definition) is 4. The van der Waals surface area contributed by atoms with Crippen LogP contribution in [0.2, 0.25) is 0 Å². The molecule has 0 radical (unpaired) electrons. The molecule has 0 heterocycles. The van der Waals surface area contributed by atoms with Gasteiger partial charge in [0.2, 0.25) is 5.91 Å². The van der Waals surface area contributed by atoms with Gasteiger partial charge in [-0.3, -0.25) is 28.9 Å². The first kappa shape index (κ1) is 27.5. The number of phenols is 1. The molecule has 0 spiro atoms. The van der Waals surface area contributed by atoms with E-state index in [-0.39, 0.29) is 24.1 Å². The number of nitrogens with zero attached hydrogens (tertiary/aromatic N) is 2. The zero-order valence-electron chi connectivity index (χ0n) is 22.7. The smallest absolute Gasteiger partial charge is 0.235 e. The van der Waals surface area contributed by atoms with E-state index in [1.54, 1.807) is 20.2 Å². The Morgan fingerprint density at radius 3 is 2.20 bits per heavy atom. The van der Waals surface area contributed by atoms with Gasteiger partial charge in [-0.2, -0.15) is 0 Å². The van der Waals surface area contributed by atoms with Crippen molar-refractivity contribution in [3.63, 3.8) is 0 Å². The van der Waals surface area contributed by atoms with E-state index in [0.29, 0.717) is 11.1 Å². The fourth-order valence-electron chi connectivity index (χ4n) is 6.89. The first-order chi connectivity index (χ1) is 18.7. The minimum atomic E-state index is -2.77. The number of nitrogens with two attached hydrogens (primary N) is 2. The zero-order valence-corrected chi connectivity index (χ0v) is 22.7. The van der Waals surface area contributed by atoms with Gasteiger partial charge in [-0.25, -0.2) is 0 Å². The number of carbonyl (C=O) groups is 5. The summed E-state index contributed by atoms with van der Waals surface area (Å²) in [4.78, 5) is 70.0. The highest BCUT2D eigenvalue weighted by atomic mass is 16.3. The number of phenolic OH excluding ortho intramolecular Hbond substituents is 1. The highest BCUT2D eigenvalue weighted by Gasteiger charge is 2.69. The third kappa shape index (κ3) is 3.68. The van der Waals surface area contributed by atoms with Gasteiger partial charge in [0.15, 0.2) is 34.7 Å². The van der Waals surface area contributed by atoms with E-state index in [1.807, 2.05) is 43.3 Å². The van der Waals surface area contributed by atoms with Crippen molar-refractivity contribution in [3.05, 3.63) is 41.5 Å². The molecule has 2 aromatic rings. The number of amides is 1. The van der Waals surface area contributed by atoms with E-state index in [4.69, 9.17) is 11.5 Å². The van der Waals surface area contributed by atoms with Crippen LogP contribution in [0.5, 0.6) is 5.75 Å². The van der Waals surface area contributed by atoms with E-state index < -0.39 is 70.1 Å². The number of primary amides is 1. The summed E-state index contributed by atoms with van der Waals surface area (Å²) >= 11 is 0. The normalized spacial score (nSPS) is 29.6. The lowest BCUT2D eigenvalue weighted by atomic mass is 9.52. The molecule has 6 atom stereocenters. The van der Waals surface area contributed by atoms with Crippen LogP contribution >= 0.6 is 0 Å². The second-order valence-corrected chi connectivity index (χ2v) is 11.4. The third-order valence-corrected chi connectivity index (χ3v) is 8.79. The van der Waals surface area contributed by atoms with Gasteiger partial charge in [0.1, 0.15) is 5.75 Å². The van der Waals surface area contributed by atoms with Gasteiger partial charge in [0.25, 0.3) is 0 Å². The molecule has 3 unspecified atom stereocenters. The SMILES string of the molecule is CN(C)c1ccc(-c2cc(N)c(O)c3c2C[C@H]2C[C@H]4C(N(C)C)C(=O)C(C(N)=O)C(=O)[C@@]4(O)C(=O)C2C3=O)cc1. The molecule has 210 valence electrons. The van der Waals surface area contributed by atoms with Crippen LogP contribution in [0.15, 0.2) is 30.3 Å². The van der Waals surface area contributed by atoms with Crippen LogP contribution in [0.4, 0.5) is 11.4 Å². The van der Waals surface area contributed by atoms with E-state index in [1.165, 1.54) is 4.90 Å². The maximum absolute atomic E-state index is 14.0. The molecule has 0 saturated heterocycles. The summed E-state index contributed by atoms with van der Waals surface area (Å²) < 4.78 is 0. The summed E-state index contributed by atoms with van der Waals surface area (Å²) in [6, 6.07) is 7.97. The molecule has 11 nitrogen and oxygen atoms in total. The fourth-order valence-corrected chi connectivity index (χ4v) is 6.89. The summed E-state index contributed by atoms with van der Waals surface area (Å²) in [6.45, 7) is 0. The largest absolute Gasteiger partial charge is 0.505 e. The lowest BCUT2D eigenvalue weighted by molar-refractivity contribution is -0.181. The number of aliphatic hydroxyl groups is 1. The molecule has 5 rings (SSSR count). The lowest BCUT2D eigenvalue weighted by Gasteiger charge is -2.52. The number of benzene rings is 2. The molecule has 11 heteroatoms. The number of rotatable bonds is 4. The fraction of sp³-hybridized carbons (Fsp3) is 0.414. The standard InChI is InChI=1S/C29H32N4O7/c1-32(2)14-7-5-12(6-8-14)15-11-18(30)23(34)20-16(15)9-13-10-17-22(33(3)4)25(36)21(28(31)39)27(38)29(17,40)26(37)19(13)24(20)35/h5-8,11,13,17,19,21-22,34,40H,9-10,30H2,1-4H3,(H2,31,39)/t13-,17-,19?,21?,22?,29-/m0/s1. The van der Waals surface area contributed by atoms with Crippen LogP contribution in [0, 0.1) is 23.7 Å². The number of fused-ring (bicyclic) bond motifs is 3. The van der Waals surface area contributed by atoms with Crippen LogP contribution in [0.25, 0.3) is 11.1 Å². The molecule has 0 bridgehead atoms. The Bertz CT molecular complexity index is 1480. The molecule has 0 aromatic heterocycles. The number of hydrogen-bond acceptors (Lipinski definition) is 10. The van der Waals surface area contributed by atoms with Crippen molar-refractivity contribution in [3.8, 4) is 16.9 Å². The number of likely N-dealkylation sites (N-methyl/N-ethyl adjacent to an activating group) is 1. The third-order valence-electron chi connectivity index (χ3n) is 8.79. The summed E-state index contributed by atoms with van der Waals surface area (Å²) in [5.41, 5.74) is 11.3. The Hall–Kier alpha value is -4.09. The lowest BCUT2D eigenvalue weighted by Crippen LogP contribution is -2.74. The Morgan fingerprint density at radius 2 is 1.65 bits per heavy atom. The minimum Gasteiger partial charge on any atom is -0.505 e. The maximum Gasteiger partial charge on any atom is 0.235 e. The van der Waals surface area contributed by atoms with Gasteiger partial charge in [0, 0.05) is 25.7 Å². The van der Waals surface area contributed by atoms with Gasteiger partial charge in [-0.15, -0.1) is 0 Å². The first-order valence-electron chi connectivity index (χ1n) is 13.0. The second-order valence-electron chi connectivity index (χ2n) is 11.4. The minimum absolute atomic E-state index is 0.0198. The number of carbonyl (C=O) groups excluding carboxylic acids is 5. The molecule has 2 fully saturated rings. The van der Waals surface area contributed by atoms with Gasteiger partial charge in [0.05, 0.1) is 23.2 Å². The van der Waals surface area contributed by atoms with E-state index >= 15 is 0 Å². The Labute approximate surface area is 230 Å². The summed E-state index contributed by atoms with van der Waals surface area (Å²) in [5, 5.41) is 22.6. The van der Waals surface area contributed by atoms with Crippen molar-refractivity contribution < 1.29 is 34.2 Å². The number of nitrogen functional groups attached to an aromatic ring is 1. The molecule has 2 aromatic carbocycles. The van der Waals surface area contributed by atoms with Gasteiger partial charge < -0.3 is 26.6 Å². The van der Waals surface area contributed by atoms with Gasteiger partial charge in [-0.05, 0) is 67.7 Å². The zero-order chi connectivity index (χ0) is 29.4. The first-order valence-corrected chi connectivity index (χ1v) is 13.0. The van der Waals surface area contributed by atoms with Crippen molar-refractivity contribution in [1.82, 2.24) is 4.90 Å². The Kier molecular flexibility index (Phi) is 6.35. The highest BCUT2D eigenvalue weighted by Crippen LogP contribution is 2.52. The molecule has 1 amide bonds. The second kappa shape index (κ2) is 9.24. The number of Topliss-reactive ketones (excluding diaryl/α,β-unsaturated/α-hetero) is 4. The predicted molar refractivity (Wildman–Crippen MR) is 146 cm³/mol. The Morgan fingerprint density at radius 1 is 1.02 bits per heavy atom. The van der Waals surface area contributed by atoms with Crippen molar-refractivity contribution in [2.45, 2.75) is 24.5 Å². The van der Waals surface area contributed by atoms with Crippen molar-refractivity contribution in [2.24, 2.45) is 29.4 Å². The molecule has 3 aliphatic carbocycles. The number of ketones is 4. The average molecular weight is 549 g/mol. The van der Waals surface area contributed by atoms with E-state index in [0.717, 1.165) is 11.3 Å². The van der Waals surface area contributed by atoms with Crippen molar-refractivity contribution in [1.29, 1.82) is 0 Å². The van der Waals surface area contributed by atoms with Crippen LogP contribution in [-0.4, -0.2) is 84.0 Å². The average Bonchev–Trinajstić information content (AvgIpc) is 2.88. The monoisotopic (exact) mass is 548 g/mol. The number of anilines is 2. The highest BCUT2D eigenvalue weighted by molar-refractivity contribution is 6.32. The molecule has 2 saturated carbocycles. The van der Waals surface area contributed by atoms with E-state index in [9.17, 15) is 34.2 Å². The predicted octanol–water partition coefficient (Wildman–Crippen LogP) is 0.182. The molecular weight excluding hydrogens is 516 g/mol. The molecule has 3 aliphatic rings. The Balaban J connectivity index is 1.66. The molecule has 0 aliphatic heterocycles. The van der Waals surface area contributed by atoms with Crippen LogP contribution in [0.1, 0.15) is 22.3 Å². The quantitative estimate of drug-likeness (QED) is 0.233. The number of aromatic hydroxyl groups is 1. The van der Waals surface area contributed by atoms with Gasteiger partial charge >= 0.3 is 0 Å². The van der Waals surface area contributed by atoms with Crippen molar-refractivity contribution in [2.75, 3.05) is 38.8 Å². The van der Waals surface area contributed by atoms with Gasteiger partial charge in [-0.1, -0.05) is 12.1 Å². The van der Waals surface area contributed by atoms with Crippen molar-refractivity contribution >= 4 is 40.4 Å². The molecule has 40 heavy (non-hydrogen) atoms. The topological polar surface area (TPSA) is 184 Å². The van der Waals surface area contributed by atoms with Crippen LogP contribution in [0.3, 0.4) is 0 Å². The maximum atomic E-state index is 14.0. The molecular formula is C29H32N4O7. The summed E-state index contributed by atoms with van der Waals surface area (Å²) in [7, 11) is 6.90. The van der Waals surface area contributed by atoms with E-state index in [2.05, 4.69) is 0 Å².